The number of carbonyl (C=O) groups is 1. The summed E-state index contributed by atoms with van der Waals surface area (Å²) in [5, 5.41) is 4.76. The van der Waals surface area contributed by atoms with Crippen LogP contribution < -0.4 is 10.2 Å². The maximum Gasteiger partial charge on any atom is 0.255 e. The molecule has 0 heterocycles. The minimum absolute atomic E-state index is 0.0592. The molecule has 0 radical (unpaired) electrons. The van der Waals surface area contributed by atoms with Crippen LogP contribution in [0.15, 0.2) is 107 Å². The maximum absolute atomic E-state index is 13.5. The average molecular weight is 597 g/mol. The molecule has 4 rings (SSSR count). The van der Waals surface area contributed by atoms with Crippen molar-refractivity contribution in [1.82, 2.24) is 9.73 Å². The van der Waals surface area contributed by atoms with E-state index in [0.717, 1.165) is 15.4 Å². The highest BCUT2D eigenvalue weighted by Crippen LogP contribution is 2.25. The topological polar surface area (TPSA) is 88.1 Å². The summed E-state index contributed by atoms with van der Waals surface area (Å²) >= 11 is 12.3. The van der Waals surface area contributed by atoms with Crippen LogP contribution >= 0.6 is 23.2 Å². The van der Waals surface area contributed by atoms with E-state index in [4.69, 9.17) is 27.9 Å². The van der Waals surface area contributed by atoms with Crippen molar-refractivity contribution in [1.29, 1.82) is 0 Å². The van der Waals surface area contributed by atoms with Gasteiger partial charge in [-0.3, -0.25) is 4.79 Å². The zero-order valence-corrected chi connectivity index (χ0v) is 24.0. The number of aryl methyl sites for hydroxylation is 1. The van der Waals surface area contributed by atoms with Gasteiger partial charge in [-0.15, -0.1) is 0 Å². The number of hydrogen-bond donors (Lipinski definition) is 1. The molecular formula is C30H27Cl2N3O4S. The molecule has 0 bridgehead atoms. The van der Waals surface area contributed by atoms with Crippen molar-refractivity contribution in [3.05, 3.63) is 129 Å². The molecule has 0 saturated heterocycles. The van der Waals surface area contributed by atoms with E-state index in [2.05, 4.69) is 10.5 Å². The van der Waals surface area contributed by atoms with Crippen molar-refractivity contribution in [2.75, 3.05) is 6.54 Å². The molecule has 0 fully saturated rings. The fraction of sp³-hybridized carbons (Fsp3) is 0.133. The highest BCUT2D eigenvalue weighted by atomic mass is 35.5. The van der Waals surface area contributed by atoms with Crippen molar-refractivity contribution in [3.8, 4) is 5.75 Å². The van der Waals surface area contributed by atoms with Gasteiger partial charge >= 0.3 is 0 Å². The number of nitrogens with one attached hydrogen (secondary N) is 1. The average Bonchev–Trinajstić information content (AvgIpc) is 2.94. The van der Waals surface area contributed by atoms with E-state index < -0.39 is 22.5 Å². The first-order valence-corrected chi connectivity index (χ1v) is 14.5. The Kier molecular flexibility index (Phi) is 9.95. The summed E-state index contributed by atoms with van der Waals surface area (Å²) in [5.41, 5.74) is 5.49. The van der Waals surface area contributed by atoms with E-state index in [9.17, 15) is 13.2 Å². The number of nitrogens with zero attached hydrogens (tertiary/aromatic N) is 2. The first-order valence-electron chi connectivity index (χ1n) is 12.3. The zero-order chi connectivity index (χ0) is 28.5. The Hall–Kier alpha value is -3.69. The minimum Gasteiger partial charge on any atom is -0.488 e. The second kappa shape index (κ2) is 13.6. The third-order valence-electron chi connectivity index (χ3n) is 5.89. The predicted octanol–water partition coefficient (Wildman–Crippen LogP) is 6.22. The monoisotopic (exact) mass is 595 g/mol. The molecule has 7 nitrogen and oxygen atoms in total. The fourth-order valence-corrected chi connectivity index (χ4v) is 5.59. The number of carbonyl (C=O) groups excluding carboxylic acids is 1. The number of benzene rings is 4. The molecule has 0 spiro atoms. The van der Waals surface area contributed by atoms with E-state index in [1.807, 2.05) is 49.4 Å². The normalized spacial score (nSPS) is 11.6. The van der Waals surface area contributed by atoms with Gasteiger partial charge in [0.15, 0.2) is 0 Å². The molecule has 4 aromatic carbocycles. The van der Waals surface area contributed by atoms with Gasteiger partial charge in [0.1, 0.15) is 12.4 Å². The number of hydrogen-bond acceptors (Lipinski definition) is 5. The second-order valence-electron chi connectivity index (χ2n) is 8.93. The van der Waals surface area contributed by atoms with Gasteiger partial charge in [0.2, 0.25) is 10.0 Å². The summed E-state index contributed by atoms with van der Waals surface area (Å²) in [5.74, 6) is -0.0370. The minimum atomic E-state index is -4.05. The standard InChI is InChI=1S/C30H27Cl2N3O4S/c1-22-11-15-27(16-12-22)40(37,38)35(19-25-13-14-26(31)17-28(25)32)20-30(36)34-33-18-24-9-5-6-10-29(24)39-21-23-7-3-2-4-8-23/h2-18H,19-21H2,1H3,(H,34,36)/b33-18-. The Morgan fingerprint density at radius 1 is 0.950 bits per heavy atom. The van der Waals surface area contributed by atoms with E-state index in [1.165, 1.54) is 24.4 Å². The Labute approximate surface area is 244 Å². The number of hydrazone groups is 1. The summed E-state index contributed by atoms with van der Waals surface area (Å²) in [6.45, 7) is 1.60. The second-order valence-corrected chi connectivity index (χ2v) is 11.7. The van der Waals surface area contributed by atoms with Crippen LogP contribution in [0.25, 0.3) is 0 Å². The largest absolute Gasteiger partial charge is 0.488 e. The molecule has 0 aromatic heterocycles. The summed E-state index contributed by atoms with van der Waals surface area (Å²) in [4.78, 5) is 12.9. The van der Waals surface area contributed by atoms with E-state index in [0.29, 0.717) is 33.5 Å². The lowest BCUT2D eigenvalue weighted by atomic mass is 10.2. The molecular weight excluding hydrogens is 569 g/mol. The van der Waals surface area contributed by atoms with Crippen molar-refractivity contribution in [2.24, 2.45) is 5.10 Å². The van der Waals surface area contributed by atoms with Crippen LogP contribution in [0.4, 0.5) is 0 Å². The van der Waals surface area contributed by atoms with Gasteiger partial charge in [0.25, 0.3) is 5.91 Å². The summed E-state index contributed by atoms with van der Waals surface area (Å²) in [7, 11) is -4.05. The van der Waals surface area contributed by atoms with Gasteiger partial charge in [-0.1, -0.05) is 89.4 Å². The van der Waals surface area contributed by atoms with Crippen molar-refractivity contribution in [2.45, 2.75) is 25.0 Å². The van der Waals surface area contributed by atoms with E-state index in [1.54, 1.807) is 36.4 Å². The smallest absolute Gasteiger partial charge is 0.255 e. The molecule has 206 valence electrons. The highest BCUT2D eigenvalue weighted by Gasteiger charge is 2.27. The molecule has 0 saturated carbocycles. The lowest BCUT2D eigenvalue weighted by molar-refractivity contribution is -0.121. The number of halogens is 2. The number of rotatable bonds is 11. The molecule has 0 aliphatic heterocycles. The number of amides is 1. The first-order chi connectivity index (χ1) is 19.2. The lowest BCUT2D eigenvalue weighted by Gasteiger charge is -2.22. The van der Waals surface area contributed by atoms with Gasteiger partial charge in [0, 0.05) is 22.2 Å². The predicted molar refractivity (Wildman–Crippen MR) is 158 cm³/mol. The van der Waals surface area contributed by atoms with Gasteiger partial charge in [0.05, 0.1) is 17.7 Å². The molecule has 1 N–H and O–H groups in total. The summed E-state index contributed by atoms with van der Waals surface area (Å²) in [6.07, 6.45) is 1.45. The quantitative estimate of drug-likeness (QED) is 0.165. The van der Waals surface area contributed by atoms with Crippen LogP contribution in [-0.4, -0.2) is 31.4 Å². The molecule has 4 aromatic rings. The Morgan fingerprint density at radius 3 is 2.38 bits per heavy atom. The fourth-order valence-electron chi connectivity index (χ4n) is 3.75. The highest BCUT2D eigenvalue weighted by molar-refractivity contribution is 7.89. The van der Waals surface area contributed by atoms with Crippen LogP contribution in [-0.2, 0) is 28.0 Å². The SMILES string of the molecule is Cc1ccc(S(=O)(=O)N(CC(=O)N/N=C\c2ccccc2OCc2ccccc2)Cc2ccc(Cl)cc2Cl)cc1. The molecule has 0 unspecified atom stereocenters. The van der Waals surface area contributed by atoms with Gasteiger partial charge < -0.3 is 4.74 Å². The number of ether oxygens (including phenoxy) is 1. The van der Waals surface area contributed by atoms with Crippen LogP contribution in [0.3, 0.4) is 0 Å². The van der Waals surface area contributed by atoms with Crippen LogP contribution in [0.1, 0.15) is 22.3 Å². The van der Waals surface area contributed by atoms with Gasteiger partial charge in [-0.05, 0) is 54.4 Å². The van der Waals surface area contributed by atoms with Crippen LogP contribution in [0.2, 0.25) is 10.0 Å². The Bertz CT molecular complexity index is 1600. The maximum atomic E-state index is 13.5. The van der Waals surface area contributed by atoms with Crippen molar-refractivity contribution < 1.29 is 17.9 Å². The Morgan fingerprint density at radius 2 is 1.65 bits per heavy atom. The summed E-state index contributed by atoms with van der Waals surface area (Å²) in [6, 6.07) is 28.2. The van der Waals surface area contributed by atoms with Crippen LogP contribution in [0.5, 0.6) is 5.75 Å². The molecule has 1 amide bonds. The summed E-state index contributed by atoms with van der Waals surface area (Å²) < 4.78 is 34.0. The number of sulfonamides is 1. The first kappa shape index (κ1) is 29.3. The lowest BCUT2D eigenvalue weighted by Crippen LogP contribution is -2.39. The van der Waals surface area contributed by atoms with Crippen molar-refractivity contribution >= 4 is 45.3 Å². The van der Waals surface area contributed by atoms with E-state index in [-0.39, 0.29) is 11.4 Å². The third kappa shape index (κ3) is 7.92. The number of para-hydroxylation sites is 1. The van der Waals surface area contributed by atoms with Crippen LogP contribution in [0, 0.1) is 6.92 Å². The molecule has 40 heavy (non-hydrogen) atoms. The third-order valence-corrected chi connectivity index (χ3v) is 8.28. The molecule has 10 heteroatoms. The van der Waals surface area contributed by atoms with Crippen molar-refractivity contribution in [3.63, 3.8) is 0 Å². The van der Waals surface area contributed by atoms with Gasteiger partial charge in [-0.25, -0.2) is 13.8 Å². The van der Waals surface area contributed by atoms with E-state index >= 15 is 0 Å². The molecule has 0 atom stereocenters. The van der Waals surface area contributed by atoms with Gasteiger partial charge in [-0.2, -0.15) is 9.41 Å². The molecule has 0 aliphatic rings. The zero-order valence-electron chi connectivity index (χ0n) is 21.6. The molecule has 0 aliphatic carbocycles. The Balaban J connectivity index is 1.48.